The van der Waals surface area contributed by atoms with Gasteiger partial charge in [-0.25, -0.2) is 8.42 Å². The minimum atomic E-state index is -4.72. The molecule has 0 saturated carbocycles. The first-order valence-corrected chi connectivity index (χ1v) is 13.9. The van der Waals surface area contributed by atoms with Gasteiger partial charge in [0.25, 0.3) is 0 Å². The Labute approximate surface area is 213 Å². The maximum atomic E-state index is 13.3. The van der Waals surface area contributed by atoms with Crippen LogP contribution in [0.5, 0.6) is 5.75 Å². The SMILES string of the molecule is CCC(C)N(Cc1cccc(OS(=O)(=O)c2cccc(C(F)(F)F)c2)c1)S(=O)(=O)c1ccc(Cl)cc1. The van der Waals surface area contributed by atoms with Gasteiger partial charge in [-0.15, -0.1) is 0 Å². The van der Waals surface area contributed by atoms with E-state index >= 15 is 0 Å². The van der Waals surface area contributed by atoms with Crippen LogP contribution in [0.25, 0.3) is 0 Å². The monoisotopic (exact) mass is 561 g/mol. The van der Waals surface area contributed by atoms with Crippen molar-refractivity contribution >= 4 is 31.7 Å². The number of benzene rings is 3. The summed E-state index contributed by atoms with van der Waals surface area (Å²) in [6, 6.07) is 14.3. The summed E-state index contributed by atoms with van der Waals surface area (Å²) in [5, 5.41) is 0.385. The molecule has 3 aromatic rings. The second-order valence-corrected chi connectivity index (χ2v) is 11.8. The Balaban J connectivity index is 1.89. The van der Waals surface area contributed by atoms with E-state index in [1.807, 2.05) is 6.92 Å². The van der Waals surface area contributed by atoms with Crippen molar-refractivity contribution in [3.8, 4) is 5.75 Å². The molecule has 0 aliphatic heterocycles. The summed E-state index contributed by atoms with van der Waals surface area (Å²) in [5.74, 6) is -0.169. The Kier molecular flexibility index (Phi) is 8.39. The quantitative estimate of drug-likeness (QED) is 0.294. The minimum absolute atomic E-state index is 0.0479. The lowest BCUT2D eigenvalue weighted by Gasteiger charge is -2.28. The predicted octanol–water partition coefficient (Wildman–Crippen LogP) is 6.12. The van der Waals surface area contributed by atoms with Crippen LogP contribution in [0.2, 0.25) is 5.02 Å². The molecule has 1 atom stereocenters. The molecule has 0 aromatic heterocycles. The normalized spacial score (nSPS) is 13.5. The van der Waals surface area contributed by atoms with Gasteiger partial charge in [-0.05, 0) is 73.5 Å². The molecule has 0 heterocycles. The Morgan fingerprint density at radius 1 is 0.917 bits per heavy atom. The number of alkyl halides is 3. The van der Waals surface area contributed by atoms with E-state index in [0.717, 1.165) is 18.2 Å². The van der Waals surface area contributed by atoms with Crippen LogP contribution in [0.15, 0.2) is 82.6 Å². The molecule has 6 nitrogen and oxygen atoms in total. The largest absolute Gasteiger partial charge is 0.416 e. The Bertz CT molecular complexity index is 1430. The fourth-order valence-electron chi connectivity index (χ4n) is 3.30. The second-order valence-electron chi connectivity index (χ2n) is 7.97. The highest BCUT2D eigenvalue weighted by Crippen LogP contribution is 2.31. The summed E-state index contributed by atoms with van der Waals surface area (Å²) in [6.45, 7) is 3.48. The number of hydrogen-bond donors (Lipinski definition) is 0. The third kappa shape index (κ3) is 6.58. The topological polar surface area (TPSA) is 80.8 Å². The van der Waals surface area contributed by atoms with Gasteiger partial charge in [0.2, 0.25) is 10.0 Å². The average molecular weight is 562 g/mol. The predicted molar refractivity (Wildman–Crippen MR) is 130 cm³/mol. The van der Waals surface area contributed by atoms with Crippen LogP contribution in [0.1, 0.15) is 31.4 Å². The van der Waals surface area contributed by atoms with Crippen molar-refractivity contribution in [2.24, 2.45) is 0 Å². The Morgan fingerprint density at radius 2 is 1.56 bits per heavy atom. The molecular formula is C24H23ClF3NO5S2. The lowest BCUT2D eigenvalue weighted by atomic mass is 10.2. The van der Waals surface area contributed by atoms with E-state index in [9.17, 15) is 30.0 Å². The van der Waals surface area contributed by atoms with Crippen LogP contribution >= 0.6 is 11.6 Å². The standard InChI is InChI=1S/C24H23ClF3NO5S2/c1-3-17(2)29(35(30,31)22-12-10-20(25)11-13-22)16-18-6-4-8-21(14-18)34-36(32,33)23-9-5-7-19(15-23)24(26,27)28/h4-15,17H,3,16H2,1-2H3. The van der Waals surface area contributed by atoms with E-state index in [4.69, 9.17) is 15.8 Å². The molecule has 1 unspecified atom stereocenters. The number of nitrogens with zero attached hydrogens (tertiary/aromatic N) is 1. The molecule has 0 fully saturated rings. The number of hydrogen-bond acceptors (Lipinski definition) is 5. The summed E-state index contributed by atoms with van der Waals surface area (Å²) in [4.78, 5) is -0.610. The zero-order valence-corrected chi connectivity index (χ0v) is 21.6. The molecule has 0 saturated heterocycles. The van der Waals surface area contributed by atoms with Gasteiger partial charge >= 0.3 is 16.3 Å². The first-order valence-electron chi connectivity index (χ1n) is 10.7. The van der Waals surface area contributed by atoms with Crippen LogP contribution < -0.4 is 4.18 Å². The van der Waals surface area contributed by atoms with Gasteiger partial charge in [-0.2, -0.15) is 25.9 Å². The van der Waals surface area contributed by atoms with Gasteiger partial charge in [0.05, 0.1) is 10.5 Å². The van der Waals surface area contributed by atoms with E-state index in [1.54, 1.807) is 13.0 Å². The molecule has 0 radical (unpaired) electrons. The smallest absolute Gasteiger partial charge is 0.379 e. The van der Waals surface area contributed by atoms with Gasteiger partial charge in [0, 0.05) is 17.6 Å². The van der Waals surface area contributed by atoms with Crippen molar-refractivity contribution in [3.05, 3.63) is 88.9 Å². The van der Waals surface area contributed by atoms with Gasteiger partial charge in [-0.3, -0.25) is 0 Å². The average Bonchev–Trinajstić information content (AvgIpc) is 2.82. The summed E-state index contributed by atoms with van der Waals surface area (Å²) < 4.78 is 97.2. The third-order valence-corrected chi connectivity index (χ3v) is 8.86. The molecule has 3 rings (SSSR count). The number of halogens is 4. The Hall–Kier alpha value is -2.60. The lowest BCUT2D eigenvalue weighted by Crippen LogP contribution is -2.37. The molecule has 194 valence electrons. The fraction of sp³-hybridized carbons (Fsp3) is 0.250. The first-order chi connectivity index (χ1) is 16.7. The number of sulfonamides is 1. The van der Waals surface area contributed by atoms with Gasteiger partial charge in [-0.1, -0.05) is 36.7 Å². The highest BCUT2D eigenvalue weighted by molar-refractivity contribution is 7.89. The molecule has 0 aliphatic rings. The van der Waals surface area contributed by atoms with E-state index in [0.29, 0.717) is 23.1 Å². The Morgan fingerprint density at radius 3 is 2.17 bits per heavy atom. The summed E-state index contributed by atoms with van der Waals surface area (Å²) in [7, 11) is -8.51. The van der Waals surface area contributed by atoms with Crippen molar-refractivity contribution in [2.75, 3.05) is 0 Å². The first kappa shape index (κ1) is 28.0. The molecule has 0 spiro atoms. The second kappa shape index (κ2) is 10.8. The van der Waals surface area contributed by atoms with Crippen molar-refractivity contribution in [2.45, 2.75) is 48.8 Å². The van der Waals surface area contributed by atoms with E-state index in [-0.39, 0.29) is 17.2 Å². The van der Waals surface area contributed by atoms with Crippen LogP contribution in [-0.2, 0) is 32.9 Å². The van der Waals surface area contributed by atoms with Crippen molar-refractivity contribution in [1.29, 1.82) is 0 Å². The van der Waals surface area contributed by atoms with E-state index in [2.05, 4.69) is 0 Å². The molecule has 12 heteroatoms. The van der Waals surface area contributed by atoms with Gasteiger partial charge in [0.15, 0.2) is 0 Å². The molecule has 0 bridgehead atoms. The highest BCUT2D eigenvalue weighted by atomic mass is 35.5. The van der Waals surface area contributed by atoms with Gasteiger partial charge in [0.1, 0.15) is 10.6 Å². The zero-order valence-electron chi connectivity index (χ0n) is 19.2. The van der Waals surface area contributed by atoms with Crippen LogP contribution in [0, 0.1) is 0 Å². The molecule has 3 aromatic carbocycles. The molecular weight excluding hydrogens is 539 g/mol. The summed E-state index contributed by atoms with van der Waals surface area (Å²) in [6.07, 6.45) is -4.21. The van der Waals surface area contributed by atoms with Crippen molar-refractivity contribution in [1.82, 2.24) is 4.31 Å². The molecule has 0 amide bonds. The molecule has 36 heavy (non-hydrogen) atoms. The van der Waals surface area contributed by atoms with E-state index < -0.39 is 42.8 Å². The maximum absolute atomic E-state index is 13.3. The van der Waals surface area contributed by atoms with Crippen LogP contribution in [0.3, 0.4) is 0 Å². The highest BCUT2D eigenvalue weighted by Gasteiger charge is 2.32. The van der Waals surface area contributed by atoms with Crippen molar-refractivity contribution < 1.29 is 34.2 Å². The summed E-state index contributed by atoms with van der Waals surface area (Å²) in [5.41, 5.74) is -0.706. The zero-order chi connectivity index (χ0) is 26.7. The fourth-order valence-corrected chi connectivity index (χ4v) is 6.09. The molecule has 0 N–H and O–H groups in total. The third-order valence-electron chi connectivity index (χ3n) is 5.40. The van der Waals surface area contributed by atoms with E-state index in [1.165, 1.54) is 46.8 Å². The molecule has 0 aliphatic carbocycles. The lowest BCUT2D eigenvalue weighted by molar-refractivity contribution is -0.137. The maximum Gasteiger partial charge on any atom is 0.416 e. The van der Waals surface area contributed by atoms with Crippen LogP contribution in [-0.4, -0.2) is 27.2 Å². The minimum Gasteiger partial charge on any atom is -0.379 e. The van der Waals surface area contributed by atoms with Crippen LogP contribution in [0.4, 0.5) is 13.2 Å². The van der Waals surface area contributed by atoms with Crippen molar-refractivity contribution in [3.63, 3.8) is 0 Å². The van der Waals surface area contributed by atoms with Gasteiger partial charge < -0.3 is 4.18 Å². The number of rotatable bonds is 9. The summed E-state index contributed by atoms with van der Waals surface area (Å²) >= 11 is 5.88.